The SMILES string of the molecule is Nc1cc(=O)[nH]c(=O)[nH]1.O. The first-order valence-electron chi connectivity index (χ1n) is 2.27. The van der Waals surface area contributed by atoms with Crippen molar-refractivity contribution < 1.29 is 5.48 Å². The van der Waals surface area contributed by atoms with Crippen LogP contribution >= 0.6 is 0 Å². The van der Waals surface area contributed by atoms with E-state index >= 15 is 0 Å². The van der Waals surface area contributed by atoms with E-state index < -0.39 is 11.2 Å². The van der Waals surface area contributed by atoms with Gasteiger partial charge in [-0.25, -0.2) is 4.79 Å². The number of aromatic nitrogens is 2. The van der Waals surface area contributed by atoms with Crippen LogP contribution in [0.25, 0.3) is 0 Å². The van der Waals surface area contributed by atoms with Gasteiger partial charge >= 0.3 is 5.69 Å². The lowest BCUT2D eigenvalue weighted by molar-refractivity contribution is 0.824. The Balaban J connectivity index is 0.000000810. The molecule has 1 aromatic rings. The Labute approximate surface area is 55.0 Å². The van der Waals surface area contributed by atoms with E-state index in [2.05, 4.69) is 4.98 Å². The van der Waals surface area contributed by atoms with Gasteiger partial charge in [0.05, 0.1) is 0 Å². The van der Waals surface area contributed by atoms with Crippen LogP contribution in [0.15, 0.2) is 15.7 Å². The zero-order chi connectivity index (χ0) is 6.85. The smallest absolute Gasteiger partial charge is 0.327 e. The fraction of sp³-hybridized carbons (Fsp3) is 0. The highest BCUT2D eigenvalue weighted by Crippen LogP contribution is 1.77. The molecule has 1 heterocycles. The molecular formula is C4H7N3O3. The van der Waals surface area contributed by atoms with E-state index in [0.717, 1.165) is 6.07 Å². The molecule has 6 heteroatoms. The monoisotopic (exact) mass is 145 g/mol. The molecule has 0 unspecified atom stereocenters. The maximum atomic E-state index is 10.4. The topological polar surface area (TPSA) is 123 Å². The number of anilines is 1. The van der Waals surface area contributed by atoms with Crippen molar-refractivity contribution in [1.29, 1.82) is 0 Å². The summed E-state index contributed by atoms with van der Waals surface area (Å²) in [6, 6.07) is 1.10. The molecule has 0 aliphatic rings. The Kier molecular flexibility index (Phi) is 2.39. The van der Waals surface area contributed by atoms with E-state index in [9.17, 15) is 9.59 Å². The van der Waals surface area contributed by atoms with Crippen molar-refractivity contribution in [2.24, 2.45) is 0 Å². The minimum absolute atomic E-state index is 0. The standard InChI is InChI=1S/C4H5N3O2.H2O/c5-2-1-3(8)7-4(9)6-2;/h1H,(H4,5,6,7,8,9);1H2. The third-order valence-electron chi connectivity index (χ3n) is 0.781. The second-order valence-corrected chi connectivity index (χ2v) is 1.54. The zero-order valence-corrected chi connectivity index (χ0v) is 4.97. The van der Waals surface area contributed by atoms with Gasteiger partial charge in [-0.05, 0) is 0 Å². The van der Waals surface area contributed by atoms with E-state index in [1.807, 2.05) is 4.98 Å². The van der Waals surface area contributed by atoms with E-state index in [0.29, 0.717) is 0 Å². The molecule has 0 saturated heterocycles. The normalized spacial score (nSPS) is 8.40. The van der Waals surface area contributed by atoms with Gasteiger partial charge in [-0.3, -0.25) is 14.8 Å². The van der Waals surface area contributed by atoms with Crippen LogP contribution in [-0.4, -0.2) is 15.4 Å². The Morgan fingerprint density at radius 1 is 1.30 bits per heavy atom. The lowest BCUT2D eigenvalue weighted by Gasteiger charge is -1.85. The van der Waals surface area contributed by atoms with Gasteiger partial charge in [0.2, 0.25) is 0 Å². The van der Waals surface area contributed by atoms with Crippen LogP contribution < -0.4 is 17.0 Å². The van der Waals surface area contributed by atoms with Gasteiger partial charge in [0.15, 0.2) is 0 Å². The summed E-state index contributed by atoms with van der Waals surface area (Å²) < 4.78 is 0. The van der Waals surface area contributed by atoms with Gasteiger partial charge in [0.1, 0.15) is 5.82 Å². The van der Waals surface area contributed by atoms with Crippen LogP contribution in [0.2, 0.25) is 0 Å². The summed E-state index contributed by atoms with van der Waals surface area (Å²) in [5.74, 6) is 0.0729. The predicted octanol–water partition coefficient (Wildman–Crippen LogP) is -2.18. The number of hydrogen-bond donors (Lipinski definition) is 3. The summed E-state index contributed by atoms with van der Waals surface area (Å²) >= 11 is 0. The van der Waals surface area contributed by atoms with Gasteiger partial charge in [0.25, 0.3) is 5.56 Å². The summed E-state index contributed by atoms with van der Waals surface area (Å²) in [6.07, 6.45) is 0. The number of rotatable bonds is 0. The Morgan fingerprint density at radius 2 is 1.90 bits per heavy atom. The van der Waals surface area contributed by atoms with Crippen molar-refractivity contribution in [3.63, 3.8) is 0 Å². The van der Waals surface area contributed by atoms with E-state index in [-0.39, 0.29) is 11.3 Å². The largest absolute Gasteiger partial charge is 0.412 e. The average molecular weight is 145 g/mol. The summed E-state index contributed by atoms with van der Waals surface area (Å²) in [5, 5.41) is 0. The fourth-order valence-corrected chi connectivity index (χ4v) is 0.488. The Hall–Kier alpha value is -1.56. The quantitative estimate of drug-likeness (QED) is 0.384. The molecule has 0 aromatic carbocycles. The van der Waals surface area contributed by atoms with Crippen molar-refractivity contribution >= 4 is 5.82 Å². The number of nitrogens with one attached hydrogen (secondary N) is 2. The molecule has 1 aromatic heterocycles. The van der Waals surface area contributed by atoms with Gasteiger partial charge in [-0.1, -0.05) is 0 Å². The molecule has 10 heavy (non-hydrogen) atoms. The van der Waals surface area contributed by atoms with Crippen molar-refractivity contribution in [2.75, 3.05) is 5.73 Å². The number of nitrogen functional groups attached to an aromatic ring is 1. The molecule has 0 aliphatic heterocycles. The summed E-state index contributed by atoms with van der Waals surface area (Å²) in [6.45, 7) is 0. The maximum absolute atomic E-state index is 10.4. The first-order valence-corrected chi connectivity index (χ1v) is 2.27. The molecule has 6 N–H and O–H groups in total. The zero-order valence-electron chi connectivity index (χ0n) is 4.97. The number of hydrogen-bond acceptors (Lipinski definition) is 3. The van der Waals surface area contributed by atoms with E-state index in [1.165, 1.54) is 0 Å². The van der Waals surface area contributed by atoms with Crippen LogP contribution in [0.4, 0.5) is 5.82 Å². The van der Waals surface area contributed by atoms with Crippen LogP contribution in [0.1, 0.15) is 0 Å². The first-order chi connectivity index (χ1) is 4.18. The molecule has 0 saturated carbocycles. The second-order valence-electron chi connectivity index (χ2n) is 1.54. The highest BCUT2D eigenvalue weighted by molar-refractivity contribution is 5.22. The van der Waals surface area contributed by atoms with E-state index in [4.69, 9.17) is 5.73 Å². The van der Waals surface area contributed by atoms with Gasteiger partial charge in [0, 0.05) is 6.07 Å². The highest BCUT2D eigenvalue weighted by atomic mass is 16.2. The highest BCUT2D eigenvalue weighted by Gasteiger charge is 1.86. The molecule has 1 rings (SSSR count). The summed E-state index contributed by atoms with van der Waals surface area (Å²) in [5.41, 5.74) is 4.01. The molecule has 0 amide bonds. The number of H-pyrrole nitrogens is 2. The van der Waals surface area contributed by atoms with Crippen molar-refractivity contribution in [3.8, 4) is 0 Å². The lowest BCUT2D eigenvalue weighted by Crippen LogP contribution is -2.22. The molecule has 0 spiro atoms. The second kappa shape index (κ2) is 2.83. The predicted molar refractivity (Wildman–Crippen MR) is 35.7 cm³/mol. The number of nitrogens with two attached hydrogens (primary N) is 1. The molecular weight excluding hydrogens is 138 g/mol. The van der Waals surface area contributed by atoms with Gasteiger partial charge in [-0.2, -0.15) is 0 Å². The molecule has 0 fully saturated rings. The minimum atomic E-state index is -0.583. The van der Waals surface area contributed by atoms with Crippen LogP contribution in [0.5, 0.6) is 0 Å². The molecule has 0 aliphatic carbocycles. The molecule has 0 atom stereocenters. The van der Waals surface area contributed by atoms with Crippen LogP contribution in [0, 0.1) is 0 Å². The third-order valence-corrected chi connectivity index (χ3v) is 0.781. The summed E-state index contributed by atoms with van der Waals surface area (Å²) in [7, 11) is 0. The summed E-state index contributed by atoms with van der Waals surface area (Å²) in [4.78, 5) is 24.8. The van der Waals surface area contributed by atoms with E-state index in [1.54, 1.807) is 0 Å². The van der Waals surface area contributed by atoms with Crippen molar-refractivity contribution in [3.05, 3.63) is 26.9 Å². The van der Waals surface area contributed by atoms with Gasteiger partial charge < -0.3 is 11.2 Å². The average Bonchev–Trinajstić information content (AvgIpc) is 1.59. The number of aromatic amines is 2. The third kappa shape index (κ3) is 1.75. The van der Waals surface area contributed by atoms with Crippen LogP contribution in [0.3, 0.4) is 0 Å². The maximum Gasteiger partial charge on any atom is 0.327 e. The fourth-order valence-electron chi connectivity index (χ4n) is 0.488. The van der Waals surface area contributed by atoms with Crippen LogP contribution in [-0.2, 0) is 0 Å². The minimum Gasteiger partial charge on any atom is -0.412 e. The van der Waals surface area contributed by atoms with Crippen molar-refractivity contribution in [1.82, 2.24) is 9.97 Å². The molecule has 6 nitrogen and oxygen atoms in total. The van der Waals surface area contributed by atoms with Crippen molar-refractivity contribution in [2.45, 2.75) is 0 Å². The molecule has 0 radical (unpaired) electrons. The molecule has 0 bridgehead atoms. The Bertz CT molecular complexity index is 284. The van der Waals surface area contributed by atoms with Gasteiger partial charge in [-0.15, -0.1) is 0 Å². The lowest BCUT2D eigenvalue weighted by atomic mass is 10.6. The Morgan fingerprint density at radius 3 is 2.30 bits per heavy atom. The first kappa shape index (κ1) is 8.44. The molecule has 56 valence electrons.